The first-order valence-corrected chi connectivity index (χ1v) is 15.5. The number of thioether (sulfide) groups is 1. The Morgan fingerprint density at radius 1 is 0.909 bits per heavy atom. The van der Waals surface area contributed by atoms with Crippen LogP contribution < -0.4 is 24.6 Å². The van der Waals surface area contributed by atoms with E-state index in [1.54, 1.807) is 43.5 Å². The molecule has 2 aliphatic heterocycles. The summed E-state index contributed by atoms with van der Waals surface area (Å²) < 4.78 is 11.3. The smallest absolute Gasteiger partial charge is 0.305 e. The molecule has 3 unspecified atom stereocenters. The first kappa shape index (κ1) is 27.9. The molecule has 5 aromatic rings. The number of para-hydroxylation sites is 1. The number of methoxy groups -OCH3 is 1. The van der Waals surface area contributed by atoms with Crippen molar-refractivity contribution in [1.29, 1.82) is 0 Å². The topological polar surface area (TPSA) is 118 Å². The molecule has 3 atom stereocenters. The van der Waals surface area contributed by atoms with Crippen LogP contribution >= 0.6 is 23.1 Å². The predicted octanol–water partition coefficient (Wildman–Crippen LogP) is 5.41. The molecule has 2 N–H and O–H groups in total. The first-order valence-electron chi connectivity index (χ1n) is 13.8. The molecule has 3 heterocycles. The van der Waals surface area contributed by atoms with Gasteiger partial charge >= 0.3 is 4.87 Å². The van der Waals surface area contributed by atoms with Crippen molar-refractivity contribution in [3.05, 3.63) is 111 Å². The normalized spacial score (nSPS) is 19.0. The van der Waals surface area contributed by atoms with Gasteiger partial charge in [0.2, 0.25) is 11.8 Å². The fraction of sp³-hybridized carbons (Fsp3) is 0.152. The number of nitrogens with zero attached hydrogens (tertiary/aromatic N) is 1. The fourth-order valence-corrected chi connectivity index (χ4v) is 8.32. The number of carbonyl (C=O) groups is 3. The largest absolute Gasteiger partial charge is 0.497 e. The molecule has 44 heavy (non-hydrogen) atoms. The number of nitrogens with one attached hydrogen (secondary N) is 2. The zero-order valence-electron chi connectivity index (χ0n) is 23.3. The Labute approximate surface area is 259 Å². The number of amides is 3. The maximum atomic E-state index is 14.1. The molecule has 4 aromatic carbocycles. The number of anilines is 2. The SMILES string of the molecule is COc1ccc(N2C(=O)C3Sc4[nH]c(=O)sc4C(c4ccccc4OCC(=O)Nc4ccc5ccccc5c4)C3C2=O)cc1. The average molecular weight is 624 g/mol. The minimum absolute atomic E-state index is 0.271. The van der Waals surface area contributed by atoms with Gasteiger partial charge in [0, 0.05) is 22.0 Å². The quantitative estimate of drug-likeness (QED) is 0.233. The zero-order valence-corrected chi connectivity index (χ0v) is 24.9. The second-order valence-corrected chi connectivity index (χ2v) is 12.6. The second-order valence-electron chi connectivity index (χ2n) is 10.4. The van der Waals surface area contributed by atoms with Crippen LogP contribution in [0.25, 0.3) is 10.8 Å². The van der Waals surface area contributed by atoms with Crippen molar-refractivity contribution < 1.29 is 23.9 Å². The maximum Gasteiger partial charge on any atom is 0.305 e. The lowest BCUT2D eigenvalue weighted by atomic mass is 9.82. The number of carbonyl (C=O) groups excluding carboxylic acids is 3. The predicted molar refractivity (Wildman–Crippen MR) is 170 cm³/mol. The summed E-state index contributed by atoms with van der Waals surface area (Å²) in [7, 11) is 1.54. The Kier molecular flexibility index (Phi) is 7.19. The number of benzene rings is 4. The van der Waals surface area contributed by atoms with Crippen molar-refractivity contribution in [2.24, 2.45) is 5.92 Å². The Bertz CT molecular complexity index is 1990. The standard InChI is InChI=1S/C33H25N3O6S2/c1-41-22-14-12-21(13-15-22)36-31(38)27-26(28-30(35-33(40)44-28)43-29(27)32(36)39)23-8-4-5-9-24(23)42-17-25(37)34-20-11-10-18-6-2-3-7-19(18)16-20/h2-16,26-27,29H,17H2,1H3,(H,34,37)(H,35,40). The van der Waals surface area contributed by atoms with Crippen LogP contribution in [-0.2, 0) is 14.4 Å². The van der Waals surface area contributed by atoms with Gasteiger partial charge in [-0.3, -0.25) is 19.2 Å². The van der Waals surface area contributed by atoms with Gasteiger partial charge in [0.1, 0.15) is 16.7 Å². The number of ether oxygens (including phenoxy) is 2. The van der Waals surface area contributed by atoms with Gasteiger partial charge in [-0.25, -0.2) is 4.90 Å². The van der Waals surface area contributed by atoms with Crippen molar-refractivity contribution in [1.82, 2.24) is 4.98 Å². The third-order valence-electron chi connectivity index (χ3n) is 7.80. The van der Waals surface area contributed by atoms with E-state index in [1.807, 2.05) is 54.6 Å². The van der Waals surface area contributed by atoms with Crippen LogP contribution in [0.5, 0.6) is 11.5 Å². The molecule has 9 nitrogen and oxygen atoms in total. The maximum absolute atomic E-state index is 14.1. The lowest BCUT2D eigenvalue weighted by Gasteiger charge is -2.30. The van der Waals surface area contributed by atoms with Crippen LogP contribution in [0.15, 0.2) is 101 Å². The van der Waals surface area contributed by atoms with Crippen molar-refractivity contribution in [3.8, 4) is 11.5 Å². The van der Waals surface area contributed by atoms with Gasteiger partial charge < -0.3 is 19.8 Å². The molecule has 1 fully saturated rings. The molecule has 1 aromatic heterocycles. The molecular formula is C33H25N3O6S2. The zero-order chi connectivity index (χ0) is 30.4. The van der Waals surface area contributed by atoms with E-state index in [2.05, 4.69) is 10.3 Å². The van der Waals surface area contributed by atoms with Crippen LogP contribution in [0.1, 0.15) is 16.4 Å². The molecule has 3 amide bonds. The van der Waals surface area contributed by atoms with Crippen LogP contribution in [0.2, 0.25) is 0 Å². The van der Waals surface area contributed by atoms with E-state index in [-0.39, 0.29) is 29.2 Å². The van der Waals surface area contributed by atoms with Crippen molar-refractivity contribution >= 4 is 63.0 Å². The molecule has 7 rings (SSSR count). The minimum Gasteiger partial charge on any atom is -0.497 e. The van der Waals surface area contributed by atoms with E-state index in [1.165, 1.54) is 16.7 Å². The van der Waals surface area contributed by atoms with Crippen molar-refractivity contribution in [2.45, 2.75) is 16.2 Å². The molecule has 0 saturated carbocycles. The van der Waals surface area contributed by atoms with Crippen LogP contribution in [0, 0.1) is 5.92 Å². The van der Waals surface area contributed by atoms with E-state index in [9.17, 15) is 19.2 Å². The Balaban J connectivity index is 1.18. The summed E-state index contributed by atoms with van der Waals surface area (Å²) >= 11 is 2.22. The Morgan fingerprint density at radius 3 is 2.45 bits per heavy atom. The molecule has 0 spiro atoms. The van der Waals surface area contributed by atoms with Crippen molar-refractivity contribution in [3.63, 3.8) is 0 Å². The number of thiazole rings is 1. The molecule has 2 aliphatic rings. The molecule has 11 heteroatoms. The highest BCUT2D eigenvalue weighted by Crippen LogP contribution is 2.54. The van der Waals surface area contributed by atoms with Gasteiger partial charge in [0.25, 0.3) is 5.91 Å². The number of imide groups is 1. The van der Waals surface area contributed by atoms with Gasteiger partial charge in [0.05, 0.1) is 23.7 Å². The van der Waals surface area contributed by atoms with E-state index in [0.29, 0.717) is 38.3 Å². The van der Waals surface area contributed by atoms with Gasteiger partial charge in [-0.15, -0.1) is 0 Å². The van der Waals surface area contributed by atoms with Crippen molar-refractivity contribution in [2.75, 3.05) is 23.9 Å². The number of aromatic amines is 1. The van der Waals surface area contributed by atoms with E-state index in [4.69, 9.17) is 9.47 Å². The van der Waals surface area contributed by atoms with Crippen LogP contribution in [-0.4, -0.2) is 41.7 Å². The fourth-order valence-electron chi connectivity index (χ4n) is 5.81. The van der Waals surface area contributed by atoms with E-state index >= 15 is 0 Å². The number of hydrogen-bond acceptors (Lipinski definition) is 8. The molecule has 0 radical (unpaired) electrons. The summed E-state index contributed by atoms with van der Waals surface area (Å²) in [6.07, 6.45) is 0. The molecule has 0 bridgehead atoms. The van der Waals surface area contributed by atoms with Gasteiger partial charge in [-0.2, -0.15) is 0 Å². The molecule has 0 aliphatic carbocycles. The number of rotatable bonds is 7. The summed E-state index contributed by atoms with van der Waals surface area (Å²) in [5.41, 5.74) is 1.71. The van der Waals surface area contributed by atoms with Crippen LogP contribution in [0.3, 0.4) is 0 Å². The third kappa shape index (κ3) is 4.93. The average Bonchev–Trinajstić information content (AvgIpc) is 3.54. The molecule has 1 saturated heterocycles. The highest BCUT2D eigenvalue weighted by molar-refractivity contribution is 8.00. The Hall–Kier alpha value is -4.87. The lowest BCUT2D eigenvalue weighted by molar-refractivity contribution is -0.122. The summed E-state index contributed by atoms with van der Waals surface area (Å²) in [6, 6.07) is 27.4. The monoisotopic (exact) mass is 623 g/mol. The van der Waals surface area contributed by atoms with Crippen LogP contribution in [0.4, 0.5) is 11.4 Å². The third-order valence-corrected chi connectivity index (χ3v) is 10.2. The van der Waals surface area contributed by atoms with Gasteiger partial charge in [-0.05, 0) is 53.2 Å². The summed E-state index contributed by atoms with van der Waals surface area (Å²) in [4.78, 5) is 57.7. The lowest BCUT2D eigenvalue weighted by Crippen LogP contribution is -2.32. The number of fused-ring (bicyclic) bond motifs is 3. The first-order chi connectivity index (χ1) is 21.4. The molecule has 220 valence electrons. The Morgan fingerprint density at radius 2 is 1.66 bits per heavy atom. The highest BCUT2D eigenvalue weighted by atomic mass is 32.2. The minimum atomic E-state index is -0.787. The summed E-state index contributed by atoms with van der Waals surface area (Å²) in [6.45, 7) is -0.277. The van der Waals surface area contributed by atoms with Gasteiger partial charge in [-0.1, -0.05) is 71.6 Å². The summed E-state index contributed by atoms with van der Waals surface area (Å²) in [5.74, 6) is -1.50. The number of aromatic nitrogens is 1. The summed E-state index contributed by atoms with van der Waals surface area (Å²) in [5, 5.41) is 4.76. The van der Waals surface area contributed by atoms with Gasteiger partial charge in [0.15, 0.2) is 6.61 Å². The highest BCUT2D eigenvalue weighted by Gasteiger charge is 2.56. The number of hydrogen-bond donors (Lipinski definition) is 2. The van der Waals surface area contributed by atoms with E-state index < -0.39 is 17.1 Å². The second kappa shape index (κ2) is 11.3. The number of H-pyrrole nitrogens is 1. The molecular weight excluding hydrogens is 599 g/mol. The van der Waals surface area contributed by atoms with E-state index in [0.717, 1.165) is 22.1 Å².